The first-order valence-corrected chi connectivity index (χ1v) is 5.82. The Morgan fingerprint density at radius 3 is 2.60 bits per heavy atom. The van der Waals surface area contributed by atoms with Crippen LogP contribution >= 0.6 is 0 Å². The summed E-state index contributed by atoms with van der Waals surface area (Å²) >= 11 is 0. The van der Waals surface area contributed by atoms with Crippen LogP contribution in [0.5, 0.6) is 5.75 Å². The van der Waals surface area contributed by atoms with Crippen LogP contribution in [0.4, 0.5) is 10.5 Å². The van der Waals surface area contributed by atoms with Gasteiger partial charge in [-0.15, -0.1) is 0 Å². The molecule has 1 rings (SSSR count). The Morgan fingerprint density at radius 1 is 1.45 bits per heavy atom. The number of hydrogen-bond donors (Lipinski definition) is 2. The minimum Gasteiger partial charge on any atom is -0.507 e. The molecule has 1 amide bonds. The van der Waals surface area contributed by atoms with E-state index in [2.05, 4.69) is 5.32 Å². The number of nitrogens with zero attached hydrogens (tertiary/aromatic N) is 1. The van der Waals surface area contributed by atoms with Crippen LogP contribution in [0.15, 0.2) is 24.4 Å². The third-order valence-corrected chi connectivity index (χ3v) is 2.05. The van der Waals surface area contributed by atoms with Crippen LogP contribution in [0.1, 0.15) is 26.3 Å². The quantitative estimate of drug-likeness (QED) is 0.654. The molecule has 0 unspecified atom stereocenters. The van der Waals surface area contributed by atoms with Gasteiger partial charge in [-0.25, -0.2) is 4.79 Å². The van der Waals surface area contributed by atoms with E-state index < -0.39 is 16.6 Å². The number of phenols is 1. The van der Waals surface area contributed by atoms with Crippen LogP contribution in [0.2, 0.25) is 0 Å². The number of carbonyl (C=O) groups excluding carboxylic acids is 1. The number of phenolic OH excluding ortho intramolecular Hbond substituents is 1. The third-order valence-electron chi connectivity index (χ3n) is 2.05. The summed E-state index contributed by atoms with van der Waals surface area (Å²) in [4.78, 5) is 21.1. The lowest BCUT2D eigenvalue weighted by molar-refractivity contribution is -0.400. The highest BCUT2D eigenvalue weighted by Crippen LogP contribution is 2.23. The standard InChI is InChI=1S/C13H16N2O5/c1-13(2,3)20-12(17)14-10-5-4-9(11(16)8-10)6-7-15(18)19/h4-8,16H,1-3H3,(H,14,17)/b7-6+. The van der Waals surface area contributed by atoms with Crippen molar-refractivity contribution in [1.82, 2.24) is 0 Å². The molecule has 0 saturated carbocycles. The van der Waals surface area contributed by atoms with Gasteiger partial charge in [0.1, 0.15) is 11.4 Å². The SMILES string of the molecule is CC(C)(C)OC(=O)Nc1ccc(/C=C/[N+](=O)[O-])c(O)c1. The molecule has 0 fully saturated rings. The number of nitro groups is 1. The molecule has 0 heterocycles. The predicted molar refractivity (Wildman–Crippen MR) is 74.0 cm³/mol. The van der Waals surface area contributed by atoms with Crippen molar-refractivity contribution in [1.29, 1.82) is 0 Å². The van der Waals surface area contributed by atoms with Crippen LogP contribution in [0.25, 0.3) is 6.08 Å². The number of rotatable bonds is 3. The second kappa shape index (κ2) is 6.05. The van der Waals surface area contributed by atoms with Gasteiger partial charge < -0.3 is 9.84 Å². The molecule has 0 aliphatic heterocycles. The van der Waals surface area contributed by atoms with Crippen molar-refractivity contribution in [3.05, 3.63) is 40.1 Å². The van der Waals surface area contributed by atoms with Gasteiger partial charge in [-0.1, -0.05) is 0 Å². The topological polar surface area (TPSA) is 102 Å². The van der Waals surface area contributed by atoms with Crippen molar-refractivity contribution in [2.24, 2.45) is 0 Å². The highest BCUT2D eigenvalue weighted by molar-refractivity contribution is 5.85. The van der Waals surface area contributed by atoms with Gasteiger partial charge in [0.05, 0.1) is 4.92 Å². The molecule has 0 radical (unpaired) electrons. The Labute approximate surface area is 116 Å². The van der Waals surface area contributed by atoms with Crippen LogP contribution in [0, 0.1) is 10.1 Å². The van der Waals surface area contributed by atoms with Crippen LogP contribution < -0.4 is 5.32 Å². The maximum absolute atomic E-state index is 11.5. The van der Waals surface area contributed by atoms with E-state index in [0.29, 0.717) is 5.69 Å². The molecule has 0 aliphatic rings. The molecule has 0 atom stereocenters. The lowest BCUT2D eigenvalue weighted by Gasteiger charge is -2.19. The minimum atomic E-state index is -0.648. The first-order chi connectivity index (χ1) is 9.17. The van der Waals surface area contributed by atoms with Gasteiger partial charge in [0, 0.05) is 23.4 Å². The van der Waals surface area contributed by atoms with E-state index in [0.717, 1.165) is 12.3 Å². The number of hydrogen-bond acceptors (Lipinski definition) is 5. The number of amides is 1. The van der Waals surface area contributed by atoms with Crippen LogP contribution in [-0.2, 0) is 4.74 Å². The minimum absolute atomic E-state index is 0.184. The monoisotopic (exact) mass is 280 g/mol. The molecular weight excluding hydrogens is 264 g/mol. The largest absolute Gasteiger partial charge is 0.507 e. The smallest absolute Gasteiger partial charge is 0.412 e. The van der Waals surface area contributed by atoms with Gasteiger partial charge in [-0.2, -0.15) is 0 Å². The fourth-order valence-corrected chi connectivity index (χ4v) is 1.32. The molecule has 0 aromatic heterocycles. The number of ether oxygens (including phenoxy) is 1. The van der Waals surface area contributed by atoms with Crippen molar-refractivity contribution in [3.63, 3.8) is 0 Å². The zero-order valence-corrected chi connectivity index (χ0v) is 11.4. The van der Waals surface area contributed by atoms with Gasteiger partial charge in [0.25, 0.3) is 0 Å². The molecule has 1 aromatic carbocycles. The fraction of sp³-hybridized carbons (Fsp3) is 0.308. The average molecular weight is 280 g/mol. The Balaban J connectivity index is 2.78. The molecule has 2 N–H and O–H groups in total. The normalized spacial score (nSPS) is 11.3. The maximum Gasteiger partial charge on any atom is 0.412 e. The van der Waals surface area contributed by atoms with Crippen LogP contribution in [0.3, 0.4) is 0 Å². The molecule has 7 heteroatoms. The first kappa shape index (κ1) is 15.5. The van der Waals surface area contributed by atoms with Crippen molar-refractivity contribution < 1.29 is 19.6 Å². The molecule has 0 aliphatic carbocycles. The number of aromatic hydroxyl groups is 1. The fourth-order valence-electron chi connectivity index (χ4n) is 1.32. The Bertz CT molecular complexity index is 546. The van der Waals surface area contributed by atoms with E-state index in [1.807, 2.05) is 0 Å². The maximum atomic E-state index is 11.5. The summed E-state index contributed by atoms with van der Waals surface area (Å²) in [5.41, 5.74) is -0.0213. The molecular formula is C13H16N2O5. The third kappa shape index (κ3) is 5.38. The molecule has 1 aromatic rings. The zero-order chi connectivity index (χ0) is 15.3. The summed E-state index contributed by atoms with van der Waals surface area (Å²) < 4.78 is 5.06. The first-order valence-electron chi connectivity index (χ1n) is 5.82. The van der Waals surface area contributed by atoms with Crippen molar-refractivity contribution >= 4 is 17.9 Å². The average Bonchev–Trinajstić information content (AvgIpc) is 2.24. The summed E-state index contributed by atoms with van der Waals surface area (Å²) in [6.07, 6.45) is 1.23. The summed E-state index contributed by atoms with van der Waals surface area (Å²) in [5, 5.41) is 22.3. The van der Waals surface area contributed by atoms with Gasteiger partial charge in [0.15, 0.2) is 0 Å². The number of benzene rings is 1. The highest BCUT2D eigenvalue weighted by Gasteiger charge is 2.16. The molecule has 0 bridgehead atoms. The molecule has 0 spiro atoms. The number of nitrogens with one attached hydrogen (secondary N) is 1. The second-order valence-electron chi connectivity index (χ2n) is 5.00. The van der Waals surface area contributed by atoms with Crippen molar-refractivity contribution in [2.75, 3.05) is 5.32 Å². The molecule has 20 heavy (non-hydrogen) atoms. The van der Waals surface area contributed by atoms with Gasteiger partial charge >= 0.3 is 6.09 Å². The van der Waals surface area contributed by atoms with Crippen molar-refractivity contribution in [3.8, 4) is 5.75 Å². The van der Waals surface area contributed by atoms with Crippen molar-refractivity contribution in [2.45, 2.75) is 26.4 Å². The Morgan fingerprint density at radius 2 is 2.10 bits per heavy atom. The number of anilines is 1. The summed E-state index contributed by atoms with van der Waals surface area (Å²) in [7, 11) is 0. The second-order valence-corrected chi connectivity index (χ2v) is 5.00. The van der Waals surface area contributed by atoms with Gasteiger partial charge in [-0.05, 0) is 32.9 Å². The molecule has 7 nitrogen and oxygen atoms in total. The van der Waals surface area contributed by atoms with Crippen LogP contribution in [-0.4, -0.2) is 21.7 Å². The summed E-state index contributed by atoms with van der Waals surface area (Å²) in [5.74, 6) is -0.184. The van der Waals surface area contributed by atoms with E-state index in [1.165, 1.54) is 18.2 Å². The summed E-state index contributed by atoms with van der Waals surface area (Å²) in [6, 6.07) is 4.23. The molecule has 0 saturated heterocycles. The van der Waals surface area contributed by atoms with E-state index in [1.54, 1.807) is 20.8 Å². The lowest BCUT2D eigenvalue weighted by atomic mass is 10.2. The van der Waals surface area contributed by atoms with E-state index >= 15 is 0 Å². The lowest BCUT2D eigenvalue weighted by Crippen LogP contribution is -2.27. The summed E-state index contributed by atoms with van der Waals surface area (Å²) in [6.45, 7) is 5.20. The predicted octanol–water partition coefficient (Wildman–Crippen LogP) is 2.99. The zero-order valence-electron chi connectivity index (χ0n) is 11.4. The van der Waals surface area contributed by atoms with E-state index in [4.69, 9.17) is 4.74 Å². The Kier molecular flexibility index (Phi) is 4.68. The number of carbonyl (C=O) groups is 1. The van der Waals surface area contributed by atoms with E-state index in [-0.39, 0.29) is 11.3 Å². The van der Waals surface area contributed by atoms with Gasteiger partial charge in [0.2, 0.25) is 6.20 Å². The van der Waals surface area contributed by atoms with Gasteiger partial charge in [-0.3, -0.25) is 15.4 Å². The molecule has 108 valence electrons. The Hall–Kier alpha value is -2.57. The van der Waals surface area contributed by atoms with E-state index in [9.17, 15) is 20.0 Å². The highest BCUT2D eigenvalue weighted by atomic mass is 16.6.